The van der Waals surface area contributed by atoms with Gasteiger partial charge in [0.05, 0.1) is 0 Å². The highest BCUT2D eigenvalue weighted by Crippen LogP contribution is 2.28. The molecule has 1 nitrogen and oxygen atoms in total. The summed E-state index contributed by atoms with van der Waals surface area (Å²) < 4.78 is 36.8. The van der Waals surface area contributed by atoms with Gasteiger partial charge in [0, 0.05) is 0 Å². The molecule has 1 fully saturated rings. The zero-order valence-corrected chi connectivity index (χ0v) is 9.66. The molecule has 1 aliphatic rings. The van der Waals surface area contributed by atoms with Crippen molar-refractivity contribution >= 4 is 6.98 Å². The average Bonchev–Trinajstić information content (AvgIpc) is 2.29. The van der Waals surface area contributed by atoms with Gasteiger partial charge in [0.1, 0.15) is 0 Å². The van der Waals surface area contributed by atoms with E-state index in [-0.39, 0.29) is 0 Å². The lowest BCUT2D eigenvalue weighted by Crippen LogP contribution is -2.42. The first-order valence-corrected chi connectivity index (χ1v) is 6.03. The molecule has 5 heteroatoms. The maximum Gasteiger partial charge on any atom is 0.492 e. The molecule has 0 atom stereocenters. The maximum atomic E-state index is 12.3. The van der Waals surface area contributed by atoms with Crippen LogP contribution in [0.25, 0.3) is 0 Å². The quantitative estimate of drug-likeness (QED) is 0.735. The van der Waals surface area contributed by atoms with Crippen LogP contribution >= 0.6 is 0 Å². The highest BCUT2D eigenvalue weighted by molar-refractivity contribution is 6.58. The van der Waals surface area contributed by atoms with Gasteiger partial charge in [-0.3, -0.25) is 0 Å². The number of halogens is 3. The van der Waals surface area contributed by atoms with Crippen LogP contribution < -0.4 is 0 Å². The van der Waals surface area contributed by atoms with E-state index >= 15 is 0 Å². The fourth-order valence-electron chi connectivity index (χ4n) is 2.47. The van der Waals surface area contributed by atoms with Crippen molar-refractivity contribution in [3.8, 4) is 0 Å². The number of hydrogen-bond acceptors (Lipinski definition) is 1. The second-order valence-electron chi connectivity index (χ2n) is 4.70. The van der Waals surface area contributed by atoms with Gasteiger partial charge in [-0.25, -0.2) is 0 Å². The first-order chi connectivity index (χ1) is 8.04. The van der Waals surface area contributed by atoms with Crippen LogP contribution in [0.2, 0.25) is 0 Å². The van der Waals surface area contributed by atoms with Crippen LogP contribution in [-0.4, -0.2) is 31.4 Å². The predicted molar refractivity (Wildman–Crippen MR) is 63.9 cm³/mol. The van der Waals surface area contributed by atoms with E-state index in [9.17, 15) is 12.9 Å². The highest BCUT2D eigenvalue weighted by atomic mass is 19.4. The second-order valence-corrected chi connectivity index (χ2v) is 4.70. The van der Waals surface area contributed by atoms with Crippen LogP contribution in [0, 0.1) is 0 Å². The number of piperidine rings is 1. The van der Waals surface area contributed by atoms with Crippen molar-refractivity contribution in [3.63, 3.8) is 0 Å². The van der Waals surface area contributed by atoms with E-state index in [2.05, 4.69) is 12.1 Å². The number of hydrogen-bond donors (Lipinski definition) is 0. The number of rotatable bonds is 3. The molecule has 17 heavy (non-hydrogen) atoms. The van der Waals surface area contributed by atoms with Gasteiger partial charge >= 0.3 is 6.98 Å². The molecule has 0 radical (unpaired) electrons. The maximum absolute atomic E-state index is 12.3. The highest BCUT2D eigenvalue weighted by Gasteiger charge is 2.29. The van der Waals surface area contributed by atoms with Crippen molar-refractivity contribution in [2.75, 3.05) is 19.5 Å². The van der Waals surface area contributed by atoms with Crippen LogP contribution in [0.5, 0.6) is 0 Å². The van der Waals surface area contributed by atoms with E-state index in [1.54, 1.807) is 0 Å². The average molecular weight is 242 g/mol. The summed E-state index contributed by atoms with van der Waals surface area (Å²) in [6.07, 6.45) is 0.952. The van der Waals surface area contributed by atoms with Gasteiger partial charge in [-0.1, -0.05) is 30.3 Å². The second kappa shape index (κ2) is 5.13. The molecule has 94 valence electrons. The molecule has 0 aliphatic carbocycles. The summed E-state index contributed by atoms with van der Waals surface area (Å²) in [6.45, 7) is -3.56. The molecule has 0 amide bonds. The molecule has 0 N–H and O–H groups in total. The van der Waals surface area contributed by atoms with Gasteiger partial charge in [0.25, 0.3) is 0 Å². The molecule has 2 rings (SSSR count). The fourth-order valence-corrected chi connectivity index (χ4v) is 2.47. The van der Waals surface area contributed by atoms with Crippen LogP contribution in [0.1, 0.15) is 24.3 Å². The Bertz CT molecular complexity index is 345. The Balaban J connectivity index is 1.86. The van der Waals surface area contributed by atoms with Gasteiger partial charge in [0.2, 0.25) is 0 Å². The Kier molecular flexibility index (Phi) is 3.77. The smallest absolute Gasteiger partial charge is 0.448 e. The Hall–Kier alpha value is -0.965. The molecule has 1 aromatic rings. The third kappa shape index (κ3) is 3.77. The van der Waals surface area contributed by atoms with Gasteiger partial charge < -0.3 is 17.8 Å². The minimum atomic E-state index is -4.68. The van der Waals surface area contributed by atoms with Crippen LogP contribution in [0.4, 0.5) is 12.9 Å². The normalized spacial score (nSPS) is 19.5. The summed E-state index contributed by atoms with van der Waals surface area (Å²) in [4.78, 5) is 1.53. The lowest BCUT2D eigenvalue weighted by Gasteiger charge is -2.35. The summed E-state index contributed by atoms with van der Waals surface area (Å²) >= 11 is 0. The van der Waals surface area contributed by atoms with Crippen molar-refractivity contribution in [2.45, 2.75) is 18.8 Å². The molecule has 0 unspecified atom stereocenters. The molecule has 1 saturated heterocycles. The SMILES string of the molecule is F[B-](F)(F)CN1CCC(c2ccccc2)CC1. The summed E-state index contributed by atoms with van der Waals surface area (Å²) in [5, 5.41) is 0. The first kappa shape index (κ1) is 12.5. The summed E-state index contributed by atoms with van der Waals surface area (Å²) in [6, 6.07) is 10.1. The Morgan fingerprint density at radius 1 is 1.06 bits per heavy atom. The monoisotopic (exact) mass is 242 g/mol. The van der Waals surface area contributed by atoms with Crippen LogP contribution in [0.15, 0.2) is 30.3 Å². The van der Waals surface area contributed by atoms with Gasteiger partial charge in [0.15, 0.2) is 0 Å². The number of likely N-dealkylation sites (tertiary alicyclic amines) is 1. The third-order valence-electron chi connectivity index (χ3n) is 3.32. The molecular formula is C12H16BF3N-. The molecule has 0 bridgehead atoms. The third-order valence-corrected chi connectivity index (χ3v) is 3.32. The van der Waals surface area contributed by atoms with Gasteiger partial charge in [-0.05, 0) is 43.9 Å². The predicted octanol–water partition coefficient (Wildman–Crippen LogP) is 3.25. The van der Waals surface area contributed by atoms with Gasteiger partial charge in [-0.15, -0.1) is 0 Å². The van der Waals surface area contributed by atoms with E-state index in [1.807, 2.05) is 18.2 Å². The molecule has 0 spiro atoms. The lowest BCUT2D eigenvalue weighted by molar-refractivity contribution is 0.220. The van der Waals surface area contributed by atoms with E-state index in [4.69, 9.17) is 0 Å². The summed E-state index contributed by atoms with van der Waals surface area (Å²) in [7, 11) is 0. The molecule has 1 heterocycles. The Morgan fingerprint density at radius 2 is 1.65 bits per heavy atom. The van der Waals surface area contributed by atoms with Crippen molar-refractivity contribution in [1.29, 1.82) is 0 Å². The van der Waals surface area contributed by atoms with E-state index in [0.717, 1.165) is 12.8 Å². The topological polar surface area (TPSA) is 3.24 Å². The number of nitrogens with zero attached hydrogens (tertiary/aromatic N) is 1. The molecule has 1 aromatic carbocycles. The lowest BCUT2D eigenvalue weighted by atomic mass is 9.86. The zero-order valence-electron chi connectivity index (χ0n) is 9.66. The fraction of sp³-hybridized carbons (Fsp3) is 0.500. The van der Waals surface area contributed by atoms with Crippen LogP contribution in [0.3, 0.4) is 0 Å². The summed E-state index contributed by atoms with van der Waals surface area (Å²) in [5.41, 5.74) is 1.25. The Morgan fingerprint density at radius 3 is 2.18 bits per heavy atom. The van der Waals surface area contributed by atoms with E-state index in [1.165, 1.54) is 10.5 Å². The van der Waals surface area contributed by atoms with Crippen molar-refractivity contribution in [3.05, 3.63) is 35.9 Å². The molecule has 0 saturated carbocycles. The van der Waals surface area contributed by atoms with E-state index in [0.29, 0.717) is 19.0 Å². The van der Waals surface area contributed by atoms with Crippen molar-refractivity contribution in [2.24, 2.45) is 0 Å². The van der Waals surface area contributed by atoms with Crippen LogP contribution in [-0.2, 0) is 0 Å². The minimum absolute atomic E-state index is 0.424. The largest absolute Gasteiger partial charge is 0.492 e. The zero-order chi connectivity index (χ0) is 12.3. The minimum Gasteiger partial charge on any atom is -0.448 e. The number of benzene rings is 1. The van der Waals surface area contributed by atoms with Crippen molar-refractivity contribution < 1.29 is 12.9 Å². The molecule has 0 aromatic heterocycles. The van der Waals surface area contributed by atoms with Crippen molar-refractivity contribution in [1.82, 2.24) is 4.90 Å². The Labute approximate surface area is 99.7 Å². The summed E-state index contributed by atoms with van der Waals surface area (Å²) in [5.74, 6) is 0.424. The van der Waals surface area contributed by atoms with E-state index < -0.39 is 13.4 Å². The van der Waals surface area contributed by atoms with Gasteiger partial charge in [-0.2, -0.15) is 0 Å². The molecular weight excluding hydrogens is 226 g/mol. The molecule has 1 aliphatic heterocycles. The first-order valence-electron chi connectivity index (χ1n) is 6.03. The standard InChI is InChI=1S/C12H16BF3N/c14-13(15,16)10-17-8-6-12(7-9-17)11-4-2-1-3-5-11/h1-5,12H,6-10H2/q-1.